The molecule has 3 aliphatic rings. The summed E-state index contributed by atoms with van der Waals surface area (Å²) in [6, 6.07) is 6.89. The molecule has 0 aliphatic heterocycles. The third-order valence-corrected chi connectivity index (χ3v) is 5.49. The van der Waals surface area contributed by atoms with Crippen molar-refractivity contribution in [3.05, 3.63) is 58.2 Å². The number of hydrazone groups is 1. The van der Waals surface area contributed by atoms with E-state index in [9.17, 15) is 4.79 Å². The van der Waals surface area contributed by atoms with Crippen LogP contribution in [0.4, 0.5) is 0 Å². The minimum absolute atomic E-state index is 0.627. The summed E-state index contributed by atoms with van der Waals surface area (Å²) in [5.41, 5.74) is 7.26. The van der Waals surface area contributed by atoms with Gasteiger partial charge in [0.2, 0.25) is 0 Å². The molecule has 1 aromatic carbocycles. The van der Waals surface area contributed by atoms with E-state index in [1.165, 1.54) is 36.0 Å². The van der Waals surface area contributed by atoms with Crippen molar-refractivity contribution in [2.75, 3.05) is 14.1 Å². The molecule has 1 saturated carbocycles. The Bertz CT molecular complexity index is 822. The number of fused-ring (bicyclic) bond motifs is 5. The minimum atomic E-state index is 0.627. The number of hydrogen-bond donors (Lipinski definition) is 0. The molecule has 122 valence electrons. The van der Waals surface area contributed by atoms with Crippen molar-refractivity contribution in [2.24, 2.45) is 5.10 Å². The van der Waals surface area contributed by atoms with Crippen LogP contribution in [0.15, 0.2) is 46.6 Å². The van der Waals surface area contributed by atoms with Crippen LogP contribution in [0.1, 0.15) is 54.2 Å². The SMILES string of the molecule is CN(C)N=CC1=C(c2ccc3c(c2)C2CCC3C2)CC(=C=O)C=C1. The standard InChI is InChI=1S/C21H22N2O/c1-23(2)22-12-18-4-3-14(13-24)9-20(18)17-7-8-19-15-5-6-16(10-15)21(19)11-17/h3-4,7-8,11-12,15-16H,5-6,9-10H2,1-2H3. The summed E-state index contributed by atoms with van der Waals surface area (Å²) in [6.07, 6.45) is 10.3. The monoisotopic (exact) mass is 318 g/mol. The van der Waals surface area contributed by atoms with Gasteiger partial charge in [-0.1, -0.05) is 24.3 Å². The van der Waals surface area contributed by atoms with Gasteiger partial charge in [-0.15, -0.1) is 0 Å². The summed E-state index contributed by atoms with van der Waals surface area (Å²) < 4.78 is 0. The Balaban J connectivity index is 1.78. The highest BCUT2D eigenvalue weighted by Crippen LogP contribution is 2.53. The van der Waals surface area contributed by atoms with Crippen molar-refractivity contribution >= 4 is 17.7 Å². The third-order valence-electron chi connectivity index (χ3n) is 5.49. The molecule has 4 rings (SSSR count). The summed E-state index contributed by atoms with van der Waals surface area (Å²) in [7, 11) is 3.82. The van der Waals surface area contributed by atoms with Crippen molar-refractivity contribution in [3.8, 4) is 0 Å². The number of allylic oxidation sites excluding steroid dienone is 5. The molecule has 1 aromatic rings. The summed E-state index contributed by atoms with van der Waals surface area (Å²) in [6.45, 7) is 0. The normalized spacial score (nSPS) is 24.7. The largest absolute Gasteiger partial charge is 0.303 e. The van der Waals surface area contributed by atoms with Crippen LogP contribution in [0.3, 0.4) is 0 Å². The summed E-state index contributed by atoms with van der Waals surface area (Å²) >= 11 is 0. The van der Waals surface area contributed by atoms with Gasteiger partial charge in [-0.2, -0.15) is 5.10 Å². The van der Waals surface area contributed by atoms with E-state index in [1.54, 1.807) is 10.6 Å². The molecule has 2 unspecified atom stereocenters. The number of carbonyl (C=O) groups excluding carboxylic acids is 1. The molecule has 0 saturated heterocycles. The fourth-order valence-corrected chi connectivity index (χ4v) is 4.31. The average Bonchev–Trinajstić information content (AvgIpc) is 3.21. The molecule has 0 aromatic heterocycles. The van der Waals surface area contributed by atoms with Gasteiger partial charge in [-0.05, 0) is 65.0 Å². The molecule has 0 radical (unpaired) electrons. The van der Waals surface area contributed by atoms with Crippen molar-refractivity contribution in [1.82, 2.24) is 5.01 Å². The van der Waals surface area contributed by atoms with E-state index in [0.29, 0.717) is 12.0 Å². The predicted octanol–water partition coefficient (Wildman–Crippen LogP) is 4.07. The Hall–Kier alpha value is -2.38. The number of rotatable bonds is 3. The number of benzene rings is 1. The van der Waals surface area contributed by atoms with E-state index in [2.05, 4.69) is 29.2 Å². The van der Waals surface area contributed by atoms with Crippen molar-refractivity contribution in [1.29, 1.82) is 0 Å². The summed E-state index contributed by atoms with van der Waals surface area (Å²) in [5, 5.41) is 6.16. The smallest absolute Gasteiger partial charge is 0.128 e. The van der Waals surface area contributed by atoms with Crippen molar-refractivity contribution < 1.29 is 4.79 Å². The lowest BCUT2D eigenvalue weighted by Crippen LogP contribution is -2.05. The highest BCUT2D eigenvalue weighted by Gasteiger charge is 2.36. The van der Waals surface area contributed by atoms with Gasteiger partial charge in [0.05, 0.1) is 6.21 Å². The van der Waals surface area contributed by atoms with Crippen LogP contribution in [-0.4, -0.2) is 31.3 Å². The zero-order chi connectivity index (χ0) is 16.7. The Morgan fingerprint density at radius 3 is 2.71 bits per heavy atom. The van der Waals surface area contributed by atoms with E-state index < -0.39 is 0 Å². The van der Waals surface area contributed by atoms with Crippen molar-refractivity contribution in [2.45, 2.75) is 37.5 Å². The lowest BCUT2D eigenvalue weighted by molar-refractivity contribution is 0.440. The Morgan fingerprint density at radius 1 is 1.17 bits per heavy atom. The molecular weight excluding hydrogens is 296 g/mol. The first-order valence-electron chi connectivity index (χ1n) is 8.66. The summed E-state index contributed by atoms with van der Waals surface area (Å²) in [5.74, 6) is 3.58. The van der Waals surface area contributed by atoms with Gasteiger partial charge in [0.1, 0.15) is 5.94 Å². The zero-order valence-electron chi connectivity index (χ0n) is 14.2. The molecule has 0 heterocycles. The molecule has 0 spiro atoms. The third kappa shape index (κ3) is 2.55. The maximum absolute atomic E-state index is 11.1. The summed E-state index contributed by atoms with van der Waals surface area (Å²) in [4.78, 5) is 11.1. The van der Waals surface area contributed by atoms with E-state index in [-0.39, 0.29) is 0 Å². The number of hydrogen-bond acceptors (Lipinski definition) is 3. The molecule has 3 aliphatic carbocycles. The maximum atomic E-state index is 11.1. The van der Waals surface area contributed by atoms with E-state index in [1.807, 2.05) is 32.5 Å². The Morgan fingerprint density at radius 2 is 1.96 bits per heavy atom. The van der Waals surface area contributed by atoms with Crippen LogP contribution in [0, 0.1) is 0 Å². The number of nitrogens with zero attached hydrogens (tertiary/aromatic N) is 2. The highest BCUT2D eigenvalue weighted by atomic mass is 16.1. The van der Waals surface area contributed by atoms with Crippen molar-refractivity contribution in [3.63, 3.8) is 0 Å². The molecular formula is C21H22N2O. The van der Waals surface area contributed by atoms with Gasteiger partial charge in [-0.25, -0.2) is 4.79 Å². The fraction of sp³-hybridized carbons (Fsp3) is 0.381. The molecule has 0 N–H and O–H groups in total. The van der Waals surface area contributed by atoms with Gasteiger partial charge in [0.15, 0.2) is 0 Å². The van der Waals surface area contributed by atoms with Crippen LogP contribution in [-0.2, 0) is 4.79 Å². The Kier molecular flexibility index (Phi) is 3.74. The quantitative estimate of drug-likeness (QED) is 0.478. The van der Waals surface area contributed by atoms with Gasteiger partial charge < -0.3 is 5.01 Å². The molecule has 1 fully saturated rings. The maximum Gasteiger partial charge on any atom is 0.128 e. The second kappa shape index (κ2) is 5.92. The van der Waals surface area contributed by atoms with Gasteiger partial charge in [0.25, 0.3) is 0 Å². The molecule has 3 heteroatoms. The average molecular weight is 318 g/mol. The van der Waals surface area contributed by atoms with E-state index in [4.69, 9.17) is 0 Å². The first-order chi connectivity index (χ1) is 11.7. The minimum Gasteiger partial charge on any atom is -0.303 e. The first-order valence-corrected chi connectivity index (χ1v) is 8.66. The van der Waals surface area contributed by atoms with Crippen LogP contribution < -0.4 is 0 Å². The van der Waals surface area contributed by atoms with Crippen LogP contribution in [0.2, 0.25) is 0 Å². The lowest BCUT2D eigenvalue weighted by atomic mass is 9.85. The molecule has 2 bridgehead atoms. The van der Waals surface area contributed by atoms with Gasteiger partial charge in [-0.3, -0.25) is 0 Å². The van der Waals surface area contributed by atoms with Gasteiger partial charge >= 0.3 is 0 Å². The second-order valence-corrected chi connectivity index (χ2v) is 7.21. The fourth-order valence-electron chi connectivity index (χ4n) is 4.31. The first kappa shape index (κ1) is 15.2. The van der Waals surface area contributed by atoms with E-state index in [0.717, 1.165) is 17.4 Å². The van der Waals surface area contributed by atoms with E-state index >= 15 is 0 Å². The lowest BCUT2D eigenvalue weighted by Gasteiger charge is -2.19. The molecule has 2 atom stereocenters. The molecule has 24 heavy (non-hydrogen) atoms. The van der Waals surface area contributed by atoms with Gasteiger partial charge in [0, 0.05) is 26.1 Å². The second-order valence-electron chi connectivity index (χ2n) is 7.21. The molecule has 3 nitrogen and oxygen atoms in total. The topological polar surface area (TPSA) is 32.7 Å². The van der Waals surface area contributed by atoms with Crippen LogP contribution in [0.5, 0.6) is 0 Å². The molecule has 0 amide bonds. The highest BCUT2D eigenvalue weighted by molar-refractivity contribution is 5.97. The Labute approximate surface area is 143 Å². The predicted molar refractivity (Wildman–Crippen MR) is 97.8 cm³/mol. The zero-order valence-corrected chi connectivity index (χ0v) is 14.2. The van der Waals surface area contributed by atoms with Crippen LogP contribution in [0.25, 0.3) is 5.57 Å². The van der Waals surface area contributed by atoms with Crippen LogP contribution >= 0.6 is 0 Å².